The molecule has 5 heteroatoms. The number of rotatable bonds is 4. The fraction of sp³-hybridized carbons (Fsp3) is 0.733. The summed E-state index contributed by atoms with van der Waals surface area (Å²) in [6.45, 7) is 4.02. The summed E-state index contributed by atoms with van der Waals surface area (Å²) in [6.07, 6.45) is 6.90. The molecule has 1 saturated carbocycles. The zero-order valence-electron chi connectivity index (χ0n) is 12.7. The fourth-order valence-electron chi connectivity index (χ4n) is 3.05. The van der Waals surface area contributed by atoms with Crippen molar-refractivity contribution in [2.24, 2.45) is 18.7 Å². The number of amides is 1. The van der Waals surface area contributed by atoms with Gasteiger partial charge in [0.1, 0.15) is 0 Å². The lowest BCUT2D eigenvalue weighted by Gasteiger charge is -2.28. The summed E-state index contributed by atoms with van der Waals surface area (Å²) in [6, 6.07) is 0.181. The number of carbonyl (C=O) groups is 1. The van der Waals surface area contributed by atoms with Gasteiger partial charge >= 0.3 is 0 Å². The number of hydrogen-bond acceptors (Lipinski definition) is 3. The first-order valence-electron chi connectivity index (χ1n) is 7.52. The molecule has 3 N–H and O–H groups in total. The van der Waals surface area contributed by atoms with Crippen LogP contribution in [0.3, 0.4) is 0 Å². The zero-order chi connectivity index (χ0) is 14.7. The molecule has 1 amide bonds. The van der Waals surface area contributed by atoms with Crippen molar-refractivity contribution in [2.45, 2.75) is 58.0 Å². The Labute approximate surface area is 120 Å². The molecule has 0 spiro atoms. The highest BCUT2D eigenvalue weighted by Gasteiger charge is 2.25. The number of aromatic nitrogens is 2. The van der Waals surface area contributed by atoms with E-state index in [-0.39, 0.29) is 18.0 Å². The number of carbonyl (C=O) groups excluding carboxylic acids is 1. The van der Waals surface area contributed by atoms with Crippen LogP contribution in [-0.4, -0.2) is 21.7 Å². The van der Waals surface area contributed by atoms with Gasteiger partial charge in [-0.2, -0.15) is 5.10 Å². The topological polar surface area (TPSA) is 72.9 Å². The van der Waals surface area contributed by atoms with Crippen LogP contribution >= 0.6 is 0 Å². The maximum Gasteiger partial charge on any atom is 0.220 e. The summed E-state index contributed by atoms with van der Waals surface area (Å²) in [5.74, 6) is 0.439. The molecule has 0 saturated heterocycles. The molecule has 2 rings (SSSR count). The van der Waals surface area contributed by atoms with Crippen molar-refractivity contribution in [3.63, 3.8) is 0 Å². The van der Waals surface area contributed by atoms with Crippen LogP contribution in [0.4, 0.5) is 0 Å². The van der Waals surface area contributed by atoms with E-state index in [2.05, 4.69) is 10.4 Å². The summed E-state index contributed by atoms with van der Waals surface area (Å²) < 4.78 is 1.83. The third-order valence-electron chi connectivity index (χ3n) is 4.53. The maximum atomic E-state index is 12.2. The quantitative estimate of drug-likeness (QED) is 0.882. The van der Waals surface area contributed by atoms with Gasteiger partial charge in [0.25, 0.3) is 0 Å². The average molecular weight is 278 g/mol. The number of nitrogens with two attached hydrogens (primary N) is 1. The Kier molecular flexibility index (Phi) is 4.81. The van der Waals surface area contributed by atoms with Gasteiger partial charge in [-0.1, -0.05) is 12.8 Å². The number of nitrogens with zero attached hydrogens (tertiary/aromatic N) is 2. The summed E-state index contributed by atoms with van der Waals surface area (Å²) in [5, 5.41) is 7.29. The first-order valence-corrected chi connectivity index (χ1v) is 7.52. The van der Waals surface area contributed by atoms with Crippen LogP contribution in [0.15, 0.2) is 6.20 Å². The van der Waals surface area contributed by atoms with Crippen LogP contribution in [0.2, 0.25) is 0 Å². The molecule has 20 heavy (non-hydrogen) atoms. The molecule has 1 aliphatic rings. The largest absolute Gasteiger partial charge is 0.349 e. The Bertz CT molecular complexity index is 468. The van der Waals surface area contributed by atoms with Crippen molar-refractivity contribution in [1.29, 1.82) is 0 Å². The molecular weight excluding hydrogens is 252 g/mol. The second-order valence-corrected chi connectivity index (χ2v) is 6.01. The summed E-state index contributed by atoms with van der Waals surface area (Å²) >= 11 is 0. The van der Waals surface area contributed by atoms with Crippen molar-refractivity contribution in [3.8, 4) is 0 Å². The Morgan fingerprint density at radius 1 is 1.55 bits per heavy atom. The highest BCUT2D eigenvalue weighted by atomic mass is 16.1. The van der Waals surface area contributed by atoms with E-state index in [9.17, 15) is 4.79 Å². The molecule has 0 bridgehead atoms. The molecule has 1 fully saturated rings. The van der Waals surface area contributed by atoms with Crippen molar-refractivity contribution in [2.75, 3.05) is 0 Å². The Morgan fingerprint density at radius 2 is 2.25 bits per heavy atom. The van der Waals surface area contributed by atoms with Gasteiger partial charge in [-0.15, -0.1) is 0 Å². The summed E-state index contributed by atoms with van der Waals surface area (Å²) in [4.78, 5) is 12.2. The number of aryl methyl sites for hydroxylation is 1. The van der Waals surface area contributed by atoms with Crippen molar-refractivity contribution < 1.29 is 4.79 Å². The van der Waals surface area contributed by atoms with Crippen LogP contribution in [0, 0.1) is 12.8 Å². The minimum absolute atomic E-state index is 0.00369. The molecule has 3 atom stereocenters. The molecule has 1 heterocycles. The van der Waals surface area contributed by atoms with Crippen molar-refractivity contribution in [3.05, 3.63) is 17.5 Å². The molecule has 112 valence electrons. The number of hydrogen-bond donors (Lipinski definition) is 2. The Morgan fingerprint density at radius 3 is 2.85 bits per heavy atom. The second kappa shape index (κ2) is 6.39. The van der Waals surface area contributed by atoms with Gasteiger partial charge in [-0.3, -0.25) is 9.48 Å². The third kappa shape index (κ3) is 3.39. The first kappa shape index (κ1) is 15.0. The Hall–Kier alpha value is -1.36. The van der Waals surface area contributed by atoms with Crippen LogP contribution < -0.4 is 11.1 Å². The van der Waals surface area contributed by atoms with Crippen LogP contribution in [0.5, 0.6) is 0 Å². The Balaban J connectivity index is 1.89. The van der Waals surface area contributed by atoms with Crippen molar-refractivity contribution >= 4 is 5.91 Å². The number of nitrogens with one attached hydrogen (secondary N) is 1. The van der Waals surface area contributed by atoms with Crippen molar-refractivity contribution in [1.82, 2.24) is 15.1 Å². The van der Waals surface area contributed by atoms with Gasteiger partial charge in [-0.05, 0) is 32.6 Å². The van der Waals surface area contributed by atoms with E-state index in [0.29, 0.717) is 12.3 Å². The van der Waals surface area contributed by atoms with E-state index >= 15 is 0 Å². The molecule has 1 aliphatic carbocycles. The van der Waals surface area contributed by atoms with Crippen LogP contribution in [0.25, 0.3) is 0 Å². The van der Waals surface area contributed by atoms with E-state index in [1.54, 1.807) is 0 Å². The predicted molar refractivity (Wildman–Crippen MR) is 79.1 cm³/mol. The standard InChI is InChI=1S/C15H26N4O/c1-10(13-9-17-19(3)11(13)2)18-15(20)8-12-6-4-5-7-14(12)16/h9-10,12,14H,4-8,16H2,1-3H3,(H,18,20). The molecule has 0 aliphatic heterocycles. The smallest absolute Gasteiger partial charge is 0.220 e. The molecule has 5 nitrogen and oxygen atoms in total. The SMILES string of the molecule is Cc1c(C(C)NC(=O)CC2CCCCC2N)cnn1C. The van der Waals surface area contributed by atoms with E-state index in [1.807, 2.05) is 31.8 Å². The van der Waals surface area contributed by atoms with Crippen LogP contribution in [-0.2, 0) is 11.8 Å². The maximum absolute atomic E-state index is 12.2. The lowest BCUT2D eigenvalue weighted by molar-refractivity contribution is -0.123. The van der Waals surface area contributed by atoms with E-state index in [4.69, 9.17) is 5.73 Å². The molecule has 0 aromatic carbocycles. The molecule has 3 unspecified atom stereocenters. The second-order valence-electron chi connectivity index (χ2n) is 6.01. The van der Waals surface area contributed by atoms with Crippen LogP contribution in [0.1, 0.15) is 56.3 Å². The first-order chi connectivity index (χ1) is 9.49. The molecule has 0 radical (unpaired) electrons. The summed E-state index contributed by atoms with van der Waals surface area (Å²) in [5.41, 5.74) is 8.27. The highest BCUT2D eigenvalue weighted by Crippen LogP contribution is 2.26. The molecular formula is C15H26N4O. The minimum Gasteiger partial charge on any atom is -0.349 e. The van der Waals surface area contributed by atoms with Gasteiger partial charge in [0, 0.05) is 30.8 Å². The minimum atomic E-state index is -0.00369. The van der Waals surface area contributed by atoms with E-state index in [0.717, 1.165) is 24.1 Å². The molecule has 1 aromatic heterocycles. The fourth-order valence-corrected chi connectivity index (χ4v) is 3.05. The predicted octanol–water partition coefficient (Wildman–Crippen LogP) is 1.81. The molecule has 1 aromatic rings. The zero-order valence-corrected chi connectivity index (χ0v) is 12.7. The highest BCUT2D eigenvalue weighted by molar-refractivity contribution is 5.76. The summed E-state index contributed by atoms with van der Waals surface area (Å²) in [7, 11) is 1.91. The van der Waals surface area contributed by atoms with Gasteiger partial charge in [0.15, 0.2) is 0 Å². The van der Waals surface area contributed by atoms with Gasteiger partial charge < -0.3 is 11.1 Å². The average Bonchev–Trinajstić information content (AvgIpc) is 2.73. The lowest BCUT2D eigenvalue weighted by Crippen LogP contribution is -2.37. The normalized spacial score (nSPS) is 24.4. The van der Waals surface area contributed by atoms with E-state index in [1.165, 1.54) is 12.8 Å². The lowest BCUT2D eigenvalue weighted by atomic mass is 9.83. The monoisotopic (exact) mass is 278 g/mol. The third-order valence-corrected chi connectivity index (χ3v) is 4.53. The van der Waals surface area contributed by atoms with Gasteiger partial charge in [-0.25, -0.2) is 0 Å². The van der Waals surface area contributed by atoms with Gasteiger partial charge in [0.05, 0.1) is 12.2 Å². The van der Waals surface area contributed by atoms with E-state index < -0.39 is 0 Å². The van der Waals surface area contributed by atoms with Gasteiger partial charge in [0.2, 0.25) is 5.91 Å².